The molecule has 0 saturated heterocycles. The van der Waals surface area contributed by atoms with Gasteiger partial charge in [0.05, 0.1) is 0 Å². The summed E-state index contributed by atoms with van der Waals surface area (Å²) in [7, 11) is 0. The van der Waals surface area contributed by atoms with Crippen molar-refractivity contribution in [2.24, 2.45) is 23.5 Å². The Kier molecular flexibility index (Phi) is 2.37. The molecule has 0 radical (unpaired) electrons. The first-order valence-corrected chi connectivity index (χ1v) is 6.96. The number of thiophene rings is 1. The topological polar surface area (TPSA) is 26.0 Å². The Morgan fingerprint density at radius 1 is 1.33 bits per heavy atom. The van der Waals surface area contributed by atoms with Gasteiger partial charge in [0.1, 0.15) is 0 Å². The summed E-state index contributed by atoms with van der Waals surface area (Å²) in [6.07, 6.45) is 5.75. The van der Waals surface area contributed by atoms with E-state index in [1.54, 1.807) is 0 Å². The van der Waals surface area contributed by atoms with Gasteiger partial charge in [-0.2, -0.15) is 0 Å². The zero-order chi connectivity index (χ0) is 10.4. The van der Waals surface area contributed by atoms with Crippen LogP contribution in [0.3, 0.4) is 0 Å². The first-order valence-electron chi connectivity index (χ1n) is 6.08. The Hall–Kier alpha value is -0.340. The average molecular weight is 221 g/mol. The van der Waals surface area contributed by atoms with Gasteiger partial charge in [0.2, 0.25) is 0 Å². The molecule has 1 aromatic heterocycles. The van der Waals surface area contributed by atoms with E-state index in [2.05, 4.69) is 18.4 Å². The second kappa shape index (κ2) is 3.60. The van der Waals surface area contributed by atoms with Crippen LogP contribution < -0.4 is 5.73 Å². The van der Waals surface area contributed by atoms with E-state index in [0.717, 1.165) is 17.8 Å². The van der Waals surface area contributed by atoms with E-state index >= 15 is 0 Å². The van der Waals surface area contributed by atoms with Crippen molar-refractivity contribution in [3.05, 3.63) is 21.9 Å². The van der Waals surface area contributed by atoms with Crippen LogP contribution in [0.15, 0.2) is 11.4 Å². The summed E-state index contributed by atoms with van der Waals surface area (Å²) in [5.74, 6) is 2.74. The van der Waals surface area contributed by atoms with Crippen LogP contribution in [0, 0.1) is 24.7 Å². The Labute approximate surface area is 95.7 Å². The lowest BCUT2D eigenvalue weighted by atomic mass is 10.0. The predicted molar refractivity (Wildman–Crippen MR) is 64.9 cm³/mol. The van der Waals surface area contributed by atoms with Gasteiger partial charge in [0.25, 0.3) is 0 Å². The Bertz CT molecular complexity index is 345. The summed E-state index contributed by atoms with van der Waals surface area (Å²) >= 11 is 1.83. The lowest BCUT2D eigenvalue weighted by Crippen LogP contribution is -2.14. The fourth-order valence-electron chi connectivity index (χ4n) is 3.53. The summed E-state index contributed by atoms with van der Waals surface area (Å²) in [5.41, 5.74) is 7.83. The SMILES string of the molecule is Cc1sccc1C(N)C1C2CCCCC21. The second-order valence-electron chi connectivity index (χ2n) is 5.15. The molecule has 82 valence electrons. The van der Waals surface area contributed by atoms with Crippen molar-refractivity contribution in [2.75, 3.05) is 0 Å². The highest BCUT2D eigenvalue weighted by molar-refractivity contribution is 7.10. The highest BCUT2D eigenvalue weighted by atomic mass is 32.1. The van der Waals surface area contributed by atoms with Gasteiger partial charge in [0.15, 0.2) is 0 Å². The molecule has 3 atom stereocenters. The van der Waals surface area contributed by atoms with E-state index in [-0.39, 0.29) is 0 Å². The molecule has 0 aromatic carbocycles. The van der Waals surface area contributed by atoms with Crippen molar-refractivity contribution >= 4 is 11.3 Å². The lowest BCUT2D eigenvalue weighted by Gasteiger charge is -2.11. The number of hydrogen-bond donors (Lipinski definition) is 1. The number of aryl methyl sites for hydroxylation is 1. The molecular formula is C13H19NS. The maximum atomic E-state index is 6.41. The molecular weight excluding hydrogens is 202 g/mol. The van der Waals surface area contributed by atoms with E-state index in [1.807, 2.05) is 11.3 Å². The van der Waals surface area contributed by atoms with Crippen LogP contribution in [-0.4, -0.2) is 0 Å². The van der Waals surface area contributed by atoms with Crippen molar-refractivity contribution < 1.29 is 0 Å². The zero-order valence-corrected chi connectivity index (χ0v) is 10.1. The molecule has 1 nitrogen and oxygen atoms in total. The number of rotatable bonds is 2. The Balaban J connectivity index is 1.76. The van der Waals surface area contributed by atoms with Crippen LogP contribution in [0.4, 0.5) is 0 Å². The molecule has 2 saturated carbocycles. The molecule has 0 aliphatic heterocycles. The third-order valence-corrected chi connectivity index (χ3v) is 5.26. The summed E-state index contributed by atoms with van der Waals surface area (Å²) in [6.45, 7) is 2.20. The smallest absolute Gasteiger partial charge is 0.0340 e. The molecule has 2 N–H and O–H groups in total. The van der Waals surface area contributed by atoms with Crippen molar-refractivity contribution in [3.8, 4) is 0 Å². The van der Waals surface area contributed by atoms with Crippen molar-refractivity contribution in [3.63, 3.8) is 0 Å². The minimum absolute atomic E-state index is 0.323. The van der Waals surface area contributed by atoms with E-state index in [9.17, 15) is 0 Å². The van der Waals surface area contributed by atoms with Crippen LogP contribution in [0.5, 0.6) is 0 Å². The fourth-order valence-corrected chi connectivity index (χ4v) is 4.29. The summed E-state index contributed by atoms with van der Waals surface area (Å²) < 4.78 is 0. The van der Waals surface area contributed by atoms with E-state index in [1.165, 1.54) is 36.1 Å². The Morgan fingerprint density at radius 3 is 2.53 bits per heavy atom. The minimum atomic E-state index is 0.323. The molecule has 3 rings (SSSR count). The van der Waals surface area contributed by atoms with Gasteiger partial charge < -0.3 is 5.73 Å². The normalized spacial score (nSPS) is 36.0. The fraction of sp³-hybridized carbons (Fsp3) is 0.692. The third-order valence-electron chi connectivity index (χ3n) is 4.40. The van der Waals surface area contributed by atoms with Gasteiger partial charge in [-0.3, -0.25) is 0 Å². The summed E-state index contributed by atoms with van der Waals surface area (Å²) in [5, 5.41) is 2.18. The van der Waals surface area contributed by atoms with Crippen molar-refractivity contribution in [1.29, 1.82) is 0 Å². The van der Waals surface area contributed by atoms with Crippen LogP contribution >= 0.6 is 11.3 Å². The molecule has 0 spiro atoms. The molecule has 2 aliphatic rings. The van der Waals surface area contributed by atoms with E-state index in [0.29, 0.717) is 6.04 Å². The zero-order valence-electron chi connectivity index (χ0n) is 9.28. The molecule has 15 heavy (non-hydrogen) atoms. The molecule has 2 aliphatic carbocycles. The van der Waals surface area contributed by atoms with Crippen molar-refractivity contribution in [2.45, 2.75) is 38.6 Å². The third kappa shape index (κ3) is 1.55. The molecule has 0 bridgehead atoms. The average Bonchev–Trinajstić information content (AvgIpc) is 2.83. The monoisotopic (exact) mass is 221 g/mol. The van der Waals surface area contributed by atoms with E-state index in [4.69, 9.17) is 5.73 Å². The van der Waals surface area contributed by atoms with Gasteiger partial charge >= 0.3 is 0 Å². The quantitative estimate of drug-likeness (QED) is 0.813. The van der Waals surface area contributed by atoms with Crippen LogP contribution in [0.1, 0.15) is 42.2 Å². The molecule has 2 heteroatoms. The van der Waals surface area contributed by atoms with E-state index < -0.39 is 0 Å². The van der Waals surface area contributed by atoms with Gasteiger partial charge in [-0.15, -0.1) is 11.3 Å². The molecule has 3 unspecified atom stereocenters. The van der Waals surface area contributed by atoms with Crippen molar-refractivity contribution in [1.82, 2.24) is 0 Å². The van der Waals surface area contributed by atoms with Gasteiger partial charge in [-0.05, 0) is 54.5 Å². The predicted octanol–water partition coefficient (Wildman–Crippen LogP) is 3.49. The standard InChI is InChI=1S/C13H19NS/c1-8-9(6-7-15-8)13(14)12-10-4-2-3-5-11(10)12/h6-7,10-13H,2-5,14H2,1H3. The summed E-state index contributed by atoms with van der Waals surface area (Å²) in [6, 6.07) is 2.55. The van der Waals surface area contributed by atoms with Gasteiger partial charge in [-0.1, -0.05) is 12.8 Å². The number of fused-ring (bicyclic) bond motifs is 1. The van der Waals surface area contributed by atoms with Crippen LogP contribution in [0.2, 0.25) is 0 Å². The van der Waals surface area contributed by atoms with Crippen LogP contribution in [0.25, 0.3) is 0 Å². The van der Waals surface area contributed by atoms with Crippen LogP contribution in [-0.2, 0) is 0 Å². The molecule has 2 fully saturated rings. The first-order chi connectivity index (χ1) is 7.29. The molecule has 0 amide bonds. The molecule has 1 aromatic rings. The van der Waals surface area contributed by atoms with Gasteiger partial charge in [0, 0.05) is 10.9 Å². The second-order valence-corrected chi connectivity index (χ2v) is 6.27. The number of nitrogens with two attached hydrogens (primary N) is 1. The molecule has 1 heterocycles. The first kappa shape index (κ1) is 9.86. The van der Waals surface area contributed by atoms with Gasteiger partial charge in [-0.25, -0.2) is 0 Å². The maximum Gasteiger partial charge on any atom is 0.0340 e. The lowest BCUT2D eigenvalue weighted by molar-refractivity contribution is 0.480. The number of hydrogen-bond acceptors (Lipinski definition) is 2. The minimum Gasteiger partial charge on any atom is -0.324 e. The largest absolute Gasteiger partial charge is 0.324 e. The highest BCUT2D eigenvalue weighted by Gasteiger charge is 2.53. The highest BCUT2D eigenvalue weighted by Crippen LogP contribution is 2.60. The maximum absolute atomic E-state index is 6.41. The summed E-state index contributed by atoms with van der Waals surface area (Å²) in [4.78, 5) is 1.42. The Morgan fingerprint density at radius 2 is 2.00 bits per heavy atom.